The zero-order valence-electron chi connectivity index (χ0n) is 16.6. The molecule has 166 valence electrons. The number of carbonyl (C=O) groups is 1. The third-order valence-corrected chi connectivity index (χ3v) is 6.14. The second kappa shape index (κ2) is 9.95. The first-order chi connectivity index (χ1) is 15.8. The minimum atomic E-state index is -0.611. The van der Waals surface area contributed by atoms with Gasteiger partial charge in [-0.2, -0.15) is 0 Å². The molecule has 7 nitrogen and oxygen atoms in total. The van der Waals surface area contributed by atoms with E-state index in [9.17, 15) is 19.3 Å². The lowest BCUT2D eigenvalue weighted by Gasteiger charge is -2.11. The largest absolute Gasteiger partial charge is 0.487 e. The molecule has 1 aliphatic heterocycles. The maximum atomic E-state index is 13.4. The molecule has 1 heterocycles. The number of ether oxygens (including phenoxy) is 2. The van der Waals surface area contributed by atoms with Crippen molar-refractivity contribution in [3.05, 3.63) is 106 Å². The maximum Gasteiger partial charge on any atom is 0.363 e. The van der Waals surface area contributed by atoms with E-state index in [0.29, 0.717) is 11.3 Å². The number of non-ortho nitro benzene ring substituents is 1. The molecular weight excluding hydrogens is 657 g/mol. The maximum absolute atomic E-state index is 13.4. The average Bonchev–Trinajstić information content (AvgIpc) is 3.13. The number of cyclic esters (lactones) is 1. The minimum Gasteiger partial charge on any atom is -0.487 e. The van der Waals surface area contributed by atoms with Gasteiger partial charge in [0.2, 0.25) is 5.90 Å². The summed E-state index contributed by atoms with van der Waals surface area (Å²) in [6.45, 7) is 0.222. The van der Waals surface area contributed by atoms with Crippen LogP contribution in [0.4, 0.5) is 10.1 Å². The van der Waals surface area contributed by atoms with E-state index in [0.717, 1.165) is 18.3 Å². The number of esters is 1. The van der Waals surface area contributed by atoms with Gasteiger partial charge in [0, 0.05) is 17.7 Å². The number of aliphatic imine (C=N–C) groups is 1. The van der Waals surface area contributed by atoms with Crippen molar-refractivity contribution >= 4 is 68.8 Å². The van der Waals surface area contributed by atoms with E-state index in [1.54, 1.807) is 18.2 Å². The highest BCUT2D eigenvalue weighted by atomic mass is 127. The summed E-state index contributed by atoms with van der Waals surface area (Å²) in [4.78, 5) is 26.8. The van der Waals surface area contributed by atoms with E-state index in [-0.39, 0.29) is 29.7 Å². The van der Waals surface area contributed by atoms with Crippen LogP contribution in [0.3, 0.4) is 0 Å². The predicted molar refractivity (Wildman–Crippen MR) is 136 cm³/mol. The van der Waals surface area contributed by atoms with Gasteiger partial charge in [-0.15, -0.1) is 0 Å². The zero-order chi connectivity index (χ0) is 23.5. The van der Waals surface area contributed by atoms with Crippen molar-refractivity contribution < 1.29 is 23.6 Å². The van der Waals surface area contributed by atoms with Gasteiger partial charge in [-0.1, -0.05) is 12.1 Å². The first-order valence-corrected chi connectivity index (χ1v) is 11.6. The summed E-state index contributed by atoms with van der Waals surface area (Å²) in [5.41, 5.74) is 1.95. The third kappa shape index (κ3) is 5.55. The van der Waals surface area contributed by atoms with Crippen LogP contribution in [0.15, 0.2) is 71.4 Å². The molecule has 0 bridgehead atoms. The fourth-order valence-corrected chi connectivity index (χ4v) is 5.13. The molecule has 0 radical (unpaired) electrons. The van der Waals surface area contributed by atoms with E-state index in [4.69, 9.17) is 9.47 Å². The molecule has 3 aromatic carbocycles. The topological polar surface area (TPSA) is 91.0 Å². The lowest BCUT2D eigenvalue weighted by atomic mass is 10.2. The summed E-state index contributed by atoms with van der Waals surface area (Å²) in [6.07, 6.45) is 1.60. The van der Waals surface area contributed by atoms with E-state index >= 15 is 0 Å². The van der Waals surface area contributed by atoms with E-state index in [1.807, 2.05) is 12.1 Å². The number of benzene rings is 3. The number of halogens is 3. The Kier molecular flexibility index (Phi) is 7.02. The van der Waals surface area contributed by atoms with Crippen LogP contribution >= 0.6 is 45.2 Å². The summed E-state index contributed by atoms with van der Waals surface area (Å²) >= 11 is 4.27. The van der Waals surface area contributed by atoms with E-state index < -0.39 is 10.9 Å². The molecule has 0 N–H and O–H groups in total. The molecule has 10 heteroatoms. The van der Waals surface area contributed by atoms with Gasteiger partial charge < -0.3 is 9.47 Å². The van der Waals surface area contributed by atoms with Crippen molar-refractivity contribution in [2.45, 2.75) is 6.61 Å². The standard InChI is InChI=1S/C23H13FI2N2O5/c24-16-3-1-2-13(8-16)12-32-21-18(25)9-14(10-19(21)26)11-20-23(29)33-22(27-20)15-4-6-17(7-5-15)28(30)31/h1-11H,12H2/b20-11-. The quantitative estimate of drug-likeness (QED) is 0.108. The van der Waals surface area contributed by atoms with Crippen LogP contribution in [0.2, 0.25) is 0 Å². The fourth-order valence-electron chi connectivity index (χ4n) is 3.00. The summed E-state index contributed by atoms with van der Waals surface area (Å²) in [6, 6.07) is 15.5. The second-order valence-corrected chi connectivity index (χ2v) is 9.20. The summed E-state index contributed by atoms with van der Waals surface area (Å²) in [5.74, 6) is -0.188. The van der Waals surface area contributed by atoms with Crippen LogP contribution in [-0.4, -0.2) is 16.8 Å². The first-order valence-electron chi connectivity index (χ1n) is 9.44. The van der Waals surface area contributed by atoms with Crippen LogP contribution in [0.25, 0.3) is 6.08 Å². The molecule has 0 fully saturated rings. The van der Waals surface area contributed by atoms with Crippen LogP contribution in [0.1, 0.15) is 16.7 Å². The Morgan fingerprint density at radius 2 is 1.79 bits per heavy atom. The number of hydrogen-bond acceptors (Lipinski definition) is 6. The van der Waals surface area contributed by atoms with E-state index in [1.165, 1.54) is 36.4 Å². The Labute approximate surface area is 214 Å². The summed E-state index contributed by atoms with van der Waals surface area (Å²) < 4.78 is 26.1. The van der Waals surface area contributed by atoms with Crippen molar-refractivity contribution in [3.63, 3.8) is 0 Å². The summed E-state index contributed by atoms with van der Waals surface area (Å²) in [7, 11) is 0. The number of nitro benzene ring substituents is 1. The highest BCUT2D eigenvalue weighted by molar-refractivity contribution is 14.1. The van der Waals surface area contributed by atoms with Crippen molar-refractivity contribution in [1.82, 2.24) is 0 Å². The van der Waals surface area contributed by atoms with Crippen LogP contribution in [0.5, 0.6) is 5.75 Å². The summed E-state index contributed by atoms with van der Waals surface area (Å²) in [5, 5.41) is 10.8. The SMILES string of the molecule is O=C1OC(c2ccc([N+](=O)[O-])cc2)=N/C1=C\c1cc(I)c(OCc2cccc(F)c2)c(I)c1. The molecule has 33 heavy (non-hydrogen) atoms. The fraction of sp³-hybridized carbons (Fsp3) is 0.0435. The minimum absolute atomic E-state index is 0.0664. The number of rotatable bonds is 6. The van der Waals surface area contributed by atoms with Crippen LogP contribution < -0.4 is 4.74 Å². The molecule has 0 saturated heterocycles. The van der Waals surface area contributed by atoms with E-state index in [2.05, 4.69) is 50.2 Å². The number of nitro groups is 1. The van der Waals surface area contributed by atoms with Crippen LogP contribution in [-0.2, 0) is 16.1 Å². The van der Waals surface area contributed by atoms with Crippen LogP contribution in [0, 0.1) is 23.1 Å². The molecule has 1 aliphatic rings. The second-order valence-electron chi connectivity index (χ2n) is 6.87. The van der Waals surface area contributed by atoms with Gasteiger partial charge >= 0.3 is 5.97 Å². The number of carbonyl (C=O) groups excluding carboxylic acids is 1. The molecule has 4 rings (SSSR count). The van der Waals surface area contributed by atoms with Gasteiger partial charge in [-0.3, -0.25) is 10.1 Å². The Morgan fingerprint density at radius 3 is 2.42 bits per heavy atom. The highest BCUT2D eigenvalue weighted by Gasteiger charge is 2.25. The van der Waals surface area contributed by atoms with Gasteiger partial charge in [-0.05, 0) is 98.8 Å². The Hall–Kier alpha value is -2.87. The van der Waals surface area contributed by atoms with Crippen molar-refractivity contribution in [2.75, 3.05) is 0 Å². The van der Waals surface area contributed by atoms with Gasteiger partial charge in [0.05, 0.1) is 12.1 Å². The van der Waals surface area contributed by atoms with Gasteiger partial charge in [0.1, 0.15) is 18.2 Å². The molecule has 0 saturated carbocycles. The molecule has 3 aromatic rings. The van der Waals surface area contributed by atoms with Crippen molar-refractivity contribution in [3.8, 4) is 5.75 Å². The predicted octanol–water partition coefficient (Wildman–Crippen LogP) is 5.87. The van der Waals surface area contributed by atoms with Crippen molar-refractivity contribution in [1.29, 1.82) is 0 Å². The van der Waals surface area contributed by atoms with Gasteiger partial charge in [0.15, 0.2) is 5.70 Å². The Morgan fingerprint density at radius 1 is 1.09 bits per heavy atom. The molecule has 0 amide bonds. The molecule has 0 unspecified atom stereocenters. The lowest BCUT2D eigenvalue weighted by molar-refractivity contribution is -0.384. The number of hydrogen-bond donors (Lipinski definition) is 0. The molecule has 0 spiro atoms. The highest BCUT2D eigenvalue weighted by Crippen LogP contribution is 2.31. The van der Waals surface area contributed by atoms with Crippen molar-refractivity contribution in [2.24, 2.45) is 4.99 Å². The van der Waals surface area contributed by atoms with Gasteiger partial charge in [-0.25, -0.2) is 14.2 Å². The average molecular weight is 670 g/mol. The molecular formula is C23H13FI2N2O5. The Balaban J connectivity index is 1.54. The van der Waals surface area contributed by atoms with Gasteiger partial charge in [0.25, 0.3) is 5.69 Å². The molecule has 0 aliphatic carbocycles. The first kappa shape index (κ1) is 23.3. The molecule has 0 aromatic heterocycles. The molecule has 0 atom stereocenters. The normalized spacial score (nSPS) is 14.2. The number of nitrogens with zero attached hydrogens (tertiary/aromatic N) is 2. The lowest BCUT2D eigenvalue weighted by Crippen LogP contribution is -2.05. The zero-order valence-corrected chi connectivity index (χ0v) is 20.9. The smallest absolute Gasteiger partial charge is 0.363 e. The monoisotopic (exact) mass is 670 g/mol. The third-order valence-electron chi connectivity index (χ3n) is 4.54. The Bertz CT molecular complexity index is 1300.